The van der Waals surface area contributed by atoms with Crippen molar-refractivity contribution in [3.8, 4) is 0 Å². The van der Waals surface area contributed by atoms with Crippen molar-refractivity contribution >= 4 is 56.9 Å². The molecule has 0 amide bonds. The fraction of sp³-hybridized carbons (Fsp3) is 0.882. The molecule has 14 atom stereocenters. The molecule has 23 heteroatoms. The van der Waals surface area contributed by atoms with Crippen LogP contribution in [-0.4, -0.2) is 137 Å². The van der Waals surface area contributed by atoms with Crippen molar-refractivity contribution in [3.05, 3.63) is 27.0 Å². The Kier molecular flexibility index (Phi) is 60.5. The van der Waals surface area contributed by atoms with Gasteiger partial charge in [0.05, 0.1) is 42.7 Å². The zero-order chi connectivity index (χ0) is 44.2. The van der Waals surface area contributed by atoms with Gasteiger partial charge in [-0.25, -0.2) is 17.7 Å². The summed E-state index contributed by atoms with van der Waals surface area (Å²) >= 11 is 0. The minimum atomic E-state index is -3.76. The summed E-state index contributed by atoms with van der Waals surface area (Å²) < 4.78 is 99.9. The Labute approximate surface area is 362 Å². The minimum Gasteiger partial charge on any atom is -0.390 e. The van der Waals surface area contributed by atoms with Crippen molar-refractivity contribution in [2.24, 2.45) is 0 Å². The molecule has 338 valence electrons. The Morgan fingerprint density at radius 2 is 1.14 bits per heavy atom. The van der Waals surface area contributed by atoms with Crippen molar-refractivity contribution in [1.29, 1.82) is 0 Å². The van der Waals surface area contributed by atoms with Gasteiger partial charge in [0.25, 0.3) is 7.37 Å². The second-order valence-electron chi connectivity index (χ2n) is 10.7. The first kappa shape index (κ1) is 72.2. The quantitative estimate of drug-likeness (QED) is 0.0703. The number of rotatable bonds is 13. The van der Waals surface area contributed by atoms with Gasteiger partial charge >= 0.3 is 25.2 Å². The van der Waals surface area contributed by atoms with Gasteiger partial charge in [-0.2, -0.15) is 12.8 Å². The molecule has 3 fully saturated rings. The van der Waals surface area contributed by atoms with Crippen LogP contribution in [0, 0.1) is 13.8 Å². The third-order valence-corrected chi connectivity index (χ3v) is 8.76. The Bertz CT molecular complexity index is 930. The zero-order valence-electron chi connectivity index (χ0n) is 34.2. The minimum absolute atomic E-state index is 0. The van der Waals surface area contributed by atoms with Gasteiger partial charge in [0.15, 0.2) is 8.46 Å². The topological polar surface area (TPSA) is 167 Å². The molecule has 0 aliphatic carbocycles. The van der Waals surface area contributed by atoms with E-state index < -0.39 is 95.8 Å². The molecule has 3 saturated heterocycles. The summed E-state index contributed by atoms with van der Waals surface area (Å²) in [6.07, 6.45) is -5.00. The number of alkyl halides is 3. The van der Waals surface area contributed by atoms with Crippen LogP contribution in [0.1, 0.15) is 94.9 Å². The van der Waals surface area contributed by atoms with Crippen LogP contribution in [0.4, 0.5) is 13.2 Å². The maximum Gasteiger partial charge on any atom is 2.00 e. The molecule has 0 aromatic carbocycles. The van der Waals surface area contributed by atoms with Gasteiger partial charge in [0.2, 0.25) is 0 Å². The molecule has 3 aliphatic heterocycles. The summed E-state index contributed by atoms with van der Waals surface area (Å²) in [5.41, 5.74) is 0. The van der Waals surface area contributed by atoms with Crippen LogP contribution in [0.25, 0.3) is 0 Å². The van der Waals surface area contributed by atoms with E-state index in [1.165, 1.54) is 0 Å². The van der Waals surface area contributed by atoms with E-state index in [4.69, 9.17) is 57.2 Å². The summed E-state index contributed by atoms with van der Waals surface area (Å²) in [7, 11) is 11.6. The Balaban J connectivity index is -0.000000114. The molecule has 12 nitrogen and oxygen atoms in total. The zero-order valence-corrected chi connectivity index (χ0v) is 38.8. The van der Waals surface area contributed by atoms with Crippen LogP contribution >= 0.6 is 33.3 Å². The number of hydrogen-bond acceptors (Lipinski definition) is 11. The van der Waals surface area contributed by atoms with Crippen LogP contribution in [-0.2, 0) is 58.2 Å². The molecule has 57 heavy (non-hydrogen) atoms. The molecule has 0 bridgehead atoms. The molecule has 5 unspecified atom stereocenters. The molecule has 0 aromatic rings. The summed E-state index contributed by atoms with van der Waals surface area (Å²) in [4.78, 5) is 9.38. The molecular formula is C34H70B3F3NiO12P4. The fourth-order valence-corrected chi connectivity index (χ4v) is 6.01. The number of aliphatic hydroxyl groups excluding tert-OH is 2. The average Bonchev–Trinajstić information content (AvgIpc) is 3.74. The third kappa shape index (κ3) is 34.0. The van der Waals surface area contributed by atoms with Gasteiger partial charge in [-0.3, -0.25) is 13.7 Å². The van der Waals surface area contributed by atoms with Crippen LogP contribution in [0.15, 0.2) is 13.2 Å². The predicted molar refractivity (Wildman–Crippen MR) is 227 cm³/mol. The molecule has 0 spiro atoms. The second-order valence-corrected chi connectivity index (χ2v) is 15.1. The fourth-order valence-electron chi connectivity index (χ4n) is 4.07. The monoisotopic (exact) mass is 942 g/mol. The summed E-state index contributed by atoms with van der Waals surface area (Å²) in [6.45, 7) is 28.3. The molecule has 3 N–H and O–H groups in total. The average molecular weight is 943 g/mol. The molecule has 0 saturated carbocycles. The van der Waals surface area contributed by atoms with Gasteiger partial charge < -0.3 is 52.4 Å². The van der Waals surface area contributed by atoms with Gasteiger partial charge in [-0.05, 0) is 19.3 Å². The molecular weight excluding hydrogens is 872 g/mol. The Hall–Kier alpha value is 0.718. The Morgan fingerprint density at radius 1 is 0.789 bits per heavy atom. The summed E-state index contributed by atoms with van der Waals surface area (Å²) in [5, 5.41) is 17.6. The van der Waals surface area contributed by atoms with E-state index >= 15 is 0 Å². The SMILES string of the molecule is C.C=C.CC.CCP=O.[B][C@@H]1O[C@H](CC)C(O)[C@@H]1F.[B][C@@H]1O[C@H](CC)C(OCP(=O)(O)COP=O)[C@@H]1F.[B][C@@H]1O[C@H](CC)C(OPCO)[C@@H]1F.[CH2-]CC.[CH2-]CC.[Ni+2]. The van der Waals surface area contributed by atoms with Crippen LogP contribution in [0.5, 0.6) is 0 Å². The van der Waals surface area contributed by atoms with Crippen LogP contribution < -0.4 is 0 Å². The largest absolute Gasteiger partial charge is 2.00 e. The molecule has 3 aliphatic rings. The van der Waals surface area contributed by atoms with E-state index in [1.807, 2.05) is 48.5 Å². The van der Waals surface area contributed by atoms with Crippen molar-refractivity contribution in [1.82, 2.24) is 0 Å². The first-order valence-electron chi connectivity index (χ1n) is 18.1. The van der Waals surface area contributed by atoms with Gasteiger partial charge in [0, 0.05) is 15.0 Å². The standard InChI is InChI=1S/C8H14BFO6P2.C7H13BFO3P.C6H10BFO2.2C3H7.C2H5OP.C2H6.C2H4.CH4.Ni/c1-2-5-7(6(10)8(9)16-5)14-3-18(12,13)4-15-17-11;1-2-4-6(12-13-3-10)5(9)7(8)11-4;1-2-3-5(9)4(8)6(7)10-3;2*1-3-2;1-2-4-3;2*1-2;;/h5-8H,2-4H2,1H3,(H,12,13);4-7,10,13H,2-3H2,1H3;3-6,9H,2H2,1H3;2*1,3H2,2H3;2H2,1H3;1-2H3;1-2H2;1H4;/q;;;2*-1;;;;;+2/t5-,6+,7?,8-;4-,5+,6?,7-;3-,4+,5?,6-;;;;;;;/m111......./s1. The van der Waals surface area contributed by atoms with Crippen molar-refractivity contribution < 1.29 is 86.5 Å². The van der Waals surface area contributed by atoms with E-state index in [0.29, 0.717) is 19.3 Å². The van der Waals surface area contributed by atoms with Crippen molar-refractivity contribution in [2.75, 3.05) is 25.2 Å². The number of aliphatic hydroxyl groups is 2. The molecule has 0 aromatic heterocycles. The molecule has 3 heterocycles. The van der Waals surface area contributed by atoms with Crippen molar-refractivity contribution in [3.63, 3.8) is 0 Å². The summed E-state index contributed by atoms with van der Waals surface area (Å²) in [6, 6.07) is -2.92. The first-order chi connectivity index (χ1) is 26.0. The number of halogens is 3. The Morgan fingerprint density at radius 3 is 1.44 bits per heavy atom. The number of ether oxygens (including phenoxy) is 4. The van der Waals surface area contributed by atoms with Crippen LogP contribution in [0.2, 0.25) is 0 Å². The molecule has 3 rings (SSSR count). The summed E-state index contributed by atoms with van der Waals surface area (Å²) in [5.74, 6) is 0. The molecule has 6 radical (unpaired) electrons. The van der Waals surface area contributed by atoms with Crippen LogP contribution in [0.3, 0.4) is 0 Å². The maximum absolute atomic E-state index is 13.6. The van der Waals surface area contributed by atoms with Crippen molar-refractivity contribution in [2.45, 2.75) is 168 Å². The predicted octanol–water partition coefficient (Wildman–Crippen LogP) is 8.19. The maximum atomic E-state index is 13.6. The van der Waals surface area contributed by atoms with Gasteiger partial charge in [-0.1, -0.05) is 62.8 Å². The second kappa shape index (κ2) is 47.8. The van der Waals surface area contributed by atoms with E-state index in [-0.39, 0.29) is 53.6 Å². The van der Waals surface area contributed by atoms with E-state index in [0.717, 1.165) is 19.0 Å². The normalized spacial score (nSPS) is 30.3. The third-order valence-electron chi connectivity index (χ3n) is 6.41. The number of hydrogen-bond donors (Lipinski definition) is 3. The smallest absolute Gasteiger partial charge is 0.390 e. The van der Waals surface area contributed by atoms with E-state index in [1.54, 1.807) is 6.92 Å². The van der Waals surface area contributed by atoms with E-state index in [2.05, 4.69) is 31.5 Å². The first-order valence-corrected chi connectivity index (χ1v) is 23.0. The van der Waals surface area contributed by atoms with E-state index in [9.17, 15) is 31.8 Å². The van der Waals surface area contributed by atoms with Gasteiger partial charge in [-0.15, -0.1) is 13.2 Å². The van der Waals surface area contributed by atoms with Gasteiger partial charge in [0.1, 0.15) is 73.1 Å².